The number of H-pyrrole nitrogens is 1. The van der Waals surface area contributed by atoms with Gasteiger partial charge in [-0.3, -0.25) is 10.4 Å². The number of aliphatic hydroxyl groups is 2. The number of anilines is 2. The number of amides is 2. The first-order valence-corrected chi connectivity index (χ1v) is 6.74. The van der Waals surface area contributed by atoms with Gasteiger partial charge in [-0.25, -0.2) is 4.79 Å². The van der Waals surface area contributed by atoms with Crippen molar-refractivity contribution in [3.63, 3.8) is 0 Å². The van der Waals surface area contributed by atoms with Crippen LogP contribution in [0.1, 0.15) is 17.2 Å². The van der Waals surface area contributed by atoms with Crippen LogP contribution in [0.4, 0.5) is 16.4 Å². The average molecular weight is 305 g/mol. The first-order chi connectivity index (χ1) is 10.5. The van der Waals surface area contributed by atoms with Gasteiger partial charge in [-0.05, 0) is 12.5 Å². The third-order valence-corrected chi connectivity index (χ3v) is 3.31. The number of aliphatic hydroxyl groups excluding tert-OH is 2. The zero-order valence-corrected chi connectivity index (χ0v) is 12.1. The number of aromatic nitrogens is 2. The van der Waals surface area contributed by atoms with Gasteiger partial charge < -0.3 is 21.3 Å². The van der Waals surface area contributed by atoms with Gasteiger partial charge in [0.15, 0.2) is 5.82 Å². The normalized spacial score (nSPS) is 13.4. The van der Waals surface area contributed by atoms with E-state index in [4.69, 9.17) is 5.73 Å². The molecule has 2 aromatic rings. The fourth-order valence-corrected chi connectivity index (χ4v) is 1.95. The lowest BCUT2D eigenvalue weighted by Crippen LogP contribution is -2.44. The summed E-state index contributed by atoms with van der Waals surface area (Å²) in [5.41, 5.74) is 6.81. The lowest BCUT2D eigenvalue weighted by molar-refractivity contribution is 0.0950. The van der Waals surface area contributed by atoms with Crippen molar-refractivity contribution in [1.29, 1.82) is 0 Å². The second-order valence-electron chi connectivity index (χ2n) is 4.85. The summed E-state index contributed by atoms with van der Waals surface area (Å²) in [6.07, 6.45) is -1.03. The molecule has 0 aliphatic rings. The van der Waals surface area contributed by atoms with E-state index in [-0.39, 0.29) is 0 Å². The van der Waals surface area contributed by atoms with Crippen LogP contribution in [-0.2, 0) is 0 Å². The van der Waals surface area contributed by atoms with Gasteiger partial charge in [0.05, 0.1) is 12.6 Å². The van der Waals surface area contributed by atoms with Crippen molar-refractivity contribution in [1.82, 2.24) is 15.5 Å². The van der Waals surface area contributed by atoms with Crippen molar-refractivity contribution < 1.29 is 15.0 Å². The Morgan fingerprint density at radius 1 is 1.41 bits per heavy atom. The Morgan fingerprint density at radius 2 is 2.09 bits per heavy atom. The highest BCUT2D eigenvalue weighted by Gasteiger charge is 2.22. The van der Waals surface area contributed by atoms with Crippen LogP contribution < -0.4 is 16.4 Å². The molecule has 2 rings (SSSR count). The number of nitrogens with two attached hydrogens (primary N) is 1. The third kappa shape index (κ3) is 3.54. The molecule has 8 nitrogen and oxygen atoms in total. The van der Waals surface area contributed by atoms with Gasteiger partial charge in [0.1, 0.15) is 11.9 Å². The van der Waals surface area contributed by atoms with Crippen LogP contribution in [0.25, 0.3) is 0 Å². The van der Waals surface area contributed by atoms with E-state index < -0.39 is 24.8 Å². The molecule has 1 aromatic heterocycles. The number of nitrogen functional groups attached to an aromatic ring is 1. The van der Waals surface area contributed by atoms with Gasteiger partial charge in [0, 0.05) is 5.56 Å². The highest BCUT2D eigenvalue weighted by atomic mass is 16.3. The lowest BCUT2D eigenvalue weighted by Gasteiger charge is -2.22. The average Bonchev–Trinajstić information content (AvgIpc) is 2.85. The van der Waals surface area contributed by atoms with Gasteiger partial charge in [0.25, 0.3) is 0 Å². The number of hydrogen-bond donors (Lipinski definition) is 6. The molecular formula is C14H19N5O3. The fourth-order valence-electron chi connectivity index (χ4n) is 1.95. The molecule has 1 heterocycles. The molecule has 1 aromatic carbocycles. The Labute approximate surface area is 127 Å². The second kappa shape index (κ2) is 6.92. The number of nitrogens with one attached hydrogen (secondary N) is 3. The zero-order chi connectivity index (χ0) is 16.1. The summed E-state index contributed by atoms with van der Waals surface area (Å²) < 4.78 is 0. The first-order valence-electron chi connectivity index (χ1n) is 6.74. The number of urea groups is 1. The Hall–Kier alpha value is -2.58. The molecule has 2 amide bonds. The van der Waals surface area contributed by atoms with Gasteiger partial charge in [-0.1, -0.05) is 30.3 Å². The van der Waals surface area contributed by atoms with E-state index in [0.29, 0.717) is 22.8 Å². The van der Waals surface area contributed by atoms with Gasteiger partial charge in [-0.15, -0.1) is 0 Å². The minimum atomic E-state index is -1.03. The standard InChI is InChI=1S/C14H19N5O3/c1-8-12(15)18-19-13(8)17-14(22)16-10(7-20)11(21)9-5-3-2-4-6-9/h2-6,10-11,20-21H,7H2,1H3,(H5,15,16,17,18,19,22)/t10-,11-/m0/s1. The van der Waals surface area contributed by atoms with Crippen LogP contribution >= 0.6 is 0 Å². The predicted octanol–water partition coefficient (Wildman–Crippen LogP) is 0.516. The molecule has 0 bridgehead atoms. The highest BCUT2D eigenvalue weighted by molar-refractivity contribution is 5.89. The van der Waals surface area contributed by atoms with E-state index in [1.807, 2.05) is 6.07 Å². The third-order valence-electron chi connectivity index (χ3n) is 3.31. The second-order valence-corrected chi connectivity index (χ2v) is 4.85. The number of nitrogens with zero attached hydrogens (tertiary/aromatic N) is 1. The summed E-state index contributed by atoms with van der Waals surface area (Å²) >= 11 is 0. The zero-order valence-electron chi connectivity index (χ0n) is 12.1. The molecule has 0 aliphatic carbocycles. The smallest absolute Gasteiger partial charge is 0.320 e. The summed E-state index contributed by atoms with van der Waals surface area (Å²) in [7, 11) is 0. The van der Waals surface area contributed by atoms with E-state index in [2.05, 4.69) is 20.8 Å². The van der Waals surface area contributed by atoms with Crippen LogP contribution in [0.15, 0.2) is 30.3 Å². The van der Waals surface area contributed by atoms with Crippen molar-refractivity contribution in [3.8, 4) is 0 Å². The van der Waals surface area contributed by atoms with Crippen molar-refractivity contribution in [2.24, 2.45) is 0 Å². The highest BCUT2D eigenvalue weighted by Crippen LogP contribution is 2.18. The van der Waals surface area contributed by atoms with Crippen LogP contribution in [-0.4, -0.2) is 39.1 Å². The summed E-state index contributed by atoms with van der Waals surface area (Å²) in [6, 6.07) is 7.33. The van der Waals surface area contributed by atoms with Crippen LogP contribution in [0, 0.1) is 6.92 Å². The Balaban J connectivity index is 2.00. The molecular weight excluding hydrogens is 286 g/mol. The number of hydrogen-bond acceptors (Lipinski definition) is 5. The maximum absolute atomic E-state index is 11.9. The summed E-state index contributed by atoms with van der Waals surface area (Å²) in [5.74, 6) is 0.652. The monoisotopic (exact) mass is 305 g/mol. The van der Waals surface area contributed by atoms with Crippen molar-refractivity contribution in [3.05, 3.63) is 41.5 Å². The molecule has 0 saturated carbocycles. The maximum atomic E-state index is 11.9. The van der Waals surface area contributed by atoms with Gasteiger partial charge in [0.2, 0.25) is 0 Å². The Bertz CT molecular complexity index is 629. The molecule has 0 saturated heterocycles. The molecule has 0 aliphatic heterocycles. The minimum absolute atomic E-state index is 0.292. The largest absolute Gasteiger partial charge is 0.394 e. The van der Waals surface area contributed by atoms with Crippen molar-refractivity contribution in [2.45, 2.75) is 19.1 Å². The predicted molar refractivity (Wildman–Crippen MR) is 82.2 cm³/mol. The van der Waals surface area contributed by atoms with Crippen molar-refractivity contribution >= 4 is 17.7 Å². The van der Waals surface area contributed by atoms with E-state index >= 15 is 0 Å². The molecule has 0 fully saturated rings. The van der Waals surface area contributed by atoms with Gasteiger partial charge in [-0.2, -0.15) is 5.10 Å². The summed E-state index contributed by atoms with van der Waals surface area (Å²) in [6.45, 7) is 1.29. The summed E-state index contributed by atoms with van der Waals surface area (Å²) in [5, 5.41) is 31.0. The SMILES string of the molecule is Cc1c(NC(=O)N[C@@H](CO)[C@@H](O)c2ccccc2)n[nH]c1N. The Morgan fingerprint density at radius 3 is 2.64 bits per heavy atom. The quantitative estimate of drug-likeness (QED) is 0.478. The van der Waals surface area contributed by atoms with Crippen LogP contribution in [0.2, 0.25) is 0 Å². The Kier molecular flexibility index (Phi) is 4.97. The number of rotatable bonds is 5. The molecule has 2 atom stereocenters. The lowest BCUT2D eigenvalue weighted by atomic mass is 10.0. The first kappa shape index (κ1) is 15.8. The van der Waals surface area contributed by atoms with Crippen LogP contribution in [0.5, 0.6) is 0 Å². The topological polar surface area (TPSA) is 136 Å². The molecule has 0 radical (unpaired) electrons. The number of benzene rings is 1. The van der Waals surface area contributed by atoms with E-state index in [1.165, 1.54) is 0 Å². The number of aromatic amines is 1. The van der Waals surface area contributed by atoms with Crippen LogP contribution in [0.3, 0.4) is 0 Å². The molecule has 8 heteroatoms. The minimum Gasteiger partial charge on any atom is -0.394 e. The number of carbonyl (C=O) groups is 1. The maximum Gasteiger partial charge on any atom is 0.320 e. The molecule has 0 unspecified atom stereocenters. The number of carbonyl (C=O) groups excluding carboxylic acids is 1. The molecule has 118 valence electrons. The van der Waals surface area contributed by atoms with Crippen molar-refractivity contribution in [2.75, 3.05) is 17.7 Å². The molecule has 22 heavy (non-hydrogen) atoms. The van der Waals surface area contributed by atoms with E-state index in [9.17, 15) is 15.0 Å². The molecule has 0 spiro atoms. The van der Waals surface area contributed by atoms with E-state index in [0.717, 1.165) is 0 Å². The van der Waals surface area contributed by atoms with Gasteiger partial charge >= 0.3 is 6.03 Å². The summed E-state index contributed by atoms with van der Waals surface area (Å²) in [4.78, 5) is 11.9. The molecule has 7 N–H and O–H groups in total. The van der Waals surface area contributed by atoms with E-state index in [1.54, 1.807) is 31.2 Å². The fraction of sp³-hybridized carbons (Fsp3) is 0.286.